The lowest BCUT2D eigenvalue weighted by atomic mass is 10.2. The number of hydrogen-bond donors (Lipinski definition) is 1. The quantitative estimate of drug-likeness (QED) is 0.844. The van der Waals surface area contributed by atoms with Crippen LogP contribution in [0.5, 0.6) is 0 Å². The monoisotopic (exact) mass is 344 g/mol. The molecule has 0 radical (unpaired) electrons. The van der Waals surface area contributed by atoms with Gasteiger partial charge in [-0.25, -0.2) is 4.98 Å². The van der Waals surface area contributed by atoms with E-state index in [0.717, 1.165) is 10.7 Å². The van der Waals surface area contributed by atoms with E-state index in [0.29, 0.717) is 12.1 Å². The summed E-state index contributed by atoms with van der Waals surface area (Å²) in [6.07, 6.45) is 0. The molecule has 0 saturated heterocycles. The van der Waals surface area contributed by atoms with Gasteiger partial charge in [0.1, 0.15) is 0 Å². The van der Waals surface area contributed by atoms with Crippen LogP contribution in [0.15, 0.2) is 15.9 Å². The molecular formula is C13H17BrN2S2. The van der Waals surface area contributed by atoms with Crippen LogP contribution >= 0.6 is 38.6 Å². The molecule has 0 spiro atoms. The molecule has 0 aliphatic carbocycles. The molecule has 2 nitrogen and oxygen atoms in total. The molecule has 98 valence electrons. The van der Waals surface area contributed by atoms with Crippen LogP contribution in [0, 0.1) is 13.8 Å². The topological polar surface area (TPSA) is 24.9 Å². The predicted molar refractivity (Wildman–Crippen MR) is 83.6 cm³/mol. The summed E-state index contributed by atoms with van der Waals surface area (Å²) >= 11 is 7.08. The van der Waals surface area contributed by atoms with Crippen molar-refractivity contribution < 1.29 is 0 Å². The number of rotatable bonds is 4. The van der Waals surface area contributed by atoms with Gasteiger partial charge in [0, 0.05) is 21.8 Å². The van der Waals surface area contributed by atoms with E-state index in [2.05, 4.69) is 66.1 Å². The number of hydrogen-bond acceptors (Lipinski definition) is 4. The van der Waals surface area contributed by atoms with Gasteiger partial charge < -0.3 is 5.32 Å². The second-order valence-electron chi connectivity index (χ2n) is 4.43. The van der Waals surface area contributed by atoms with Crippen molar-refractivity contribution in [1.82, 2.24) is 10.3 Å². The zero-order valence-electron chi connectivity index (χ0n) is 11.0. The van der Waals surface area contributed by atoms with Crippen LogP contribution in [0.2, 0.25) is 0 Å². The molecule has 2 heterocycles. The Morgan fingerprint density at radius 1 is 1.17 bits per heavy atom. The van der Waals surface area contributed by atoms with Crippen LogP contribution in [0.4, 0.5) is 0 Å². The Morgan fingerprint density at radius 2 is 1.89 bits per heavy atom. The number of thiazole rings is 1. The summed E-state index contributed by atoms with van der Waals surface area (Å²) in [6, 6.07) is 4.97. The van der Waals surface area contributed by atoms with Crippen LogP contribution in [-0.2, 0) is 0 Å². The van der Waals surface area contributed by atoms with E-state index < -0.39 is 0 Å². The first-order valence-electron chi connectivity index (χ1n) is 5.92. The van der Waals surface area contributed by atoms with Crippen LogP contribution in [0.25, 0.3) is 0 Å². The summed E-state index contributed by atoms with van der Waals surface area (Å²) in [7, 11) is 0. The molecule has 0 amide bonds. The molecule has 2 rings (SSSR count). The van der Waals surface area contributed by atoms with E-state index in [1.54, 1.807) is 22.7 Å². The molecule has 0 aliphatic rings. The Kier molecular flexibility index (Phi) is 4.59. The number of aromatic nitrogens is 1. The van der Waals surface area contributed by atoms with Gasteiger partial charge >= 0.3 is 0 Å². The summed E-state index contributed by atoms with van der Waals surface area (Å²) in [4.78, 5) is 7.19. The van der Waals surface area contributed by atoms with Crippen LogP contribution in [0.1, 0.15) is 46.4 Å². The average molecular weight is 345 g/mol. The largest absolute Gasteiger partial charge is 0.302 e. The Hall–Kier alpha value is -0.230. The Balaban J connectivity index is 2.07. The molecule has 0 aliphatic heterocycles. The van der Waals surface area contributed by atoms with Gasteiger partial charge in [-0.1, -0.05) is 0 Å². The third-order valence-corrected chi connectivity index (χ3v) is 5.92. The van der Waals surface area contributed by atoms with Crippen molar-refractivity contribution in [3.05, 3.63) is 36.4 Å². The Labute approximate surface area is 125 Å². The number of thiophene rings is 1. The van der Waals surface area contributed by atoms with Gasteiger partial charge in [-0.15, -0.1) is 22.7 Å². The smallest absolute Gasteiger partial charge is 0.0900 e. The lowest BCUT2D eigenvalue weighted by molar-refractivity contribution is 0.503. The van der Waals surface area contributed by atoms with Gasteiger partial charge in [0.25, 0.3) is 0 Å². The highest BCUT2D eigenvalue weighted by Gasteiger charge is 2.16. The molecule has 2 aromatic heterocycles. The third kappa shape index (κ3) is 3.20. The van der Waals surface area contributed by atoms with E-state index >= 15 is 0 Å². The fourth-order valence-electron chi connectivity index (χ4n) is 2.04. The van der Waals surface area contributed by atoms with Gasteiger partial charge in [-0.3, -0.25) is 0 Å². The molecule has 0 aromatic carbocycles. The number of aryl methyl sites for hydroxylation is 2. The predicted octanol–water partition coefficient (Wildman–Crippen LogP) is 5.00. The maximum Gasteiger partial charge on any atom is 0.0900 e. The Bertz CT molecular complexity index is 533. The average Bonchev–Trinajstić information content (AvgIpc) is 2.84. The highest BCUT2D eigenvalue weighted by Crippen LogP contribution is 2.30. The third-order valence-electron chi connectivity index (χ3n) is 2.85. The summed E-state index contributed by atoms with van der Waals surface area (Å²) < 4.78 is 1.18. The van der Waals surface area contributed by atoms with E-state index in [1.807, 2.05) is 0 Å². The molecular weight excluding hydrogens is 328 g/mol. The molecule has 2 unspecified atom stereocenters. The summed E-state index contributed by atoms with van der Waals surface area (Å²) in [5, 5.41) is 4.78. The summed E-state index contributed by atoms with van der Waals surface area (Å²) in [5.74, 6) is 0. The van der Waals surface area contributed by atoms with Gasteiger partial charge in [-0.05, 0) is 55.8 Å². The van der Waals surface area contributed by atoms with Crippen LogP contribution in [-0.4, -0.2) is 4.98 Å². The zero-order valence-corrected chi connectivity index (χ0v) is 14.2. The maximum absolute atomic E-state index is 4.49. The number of nitrogens with one attached hydrogen (secondary N) is 1. The van der Waals surface area contributed by atoms with E-state index in [4.69, 9.17) is 0 Å². The zero-order chi connectivity index (χ0) is 13.3. The minimum atomic E-state index is 0.340. The molecule has 1 N–H and O–H groups in total. The standard InChI is InChI=1S/C13H17BrN2S2/c1-7(11-5-6-12(14)18-11)15-8(2)13-9(3)16-10(4)17-13/h5-8,15H,1-4H3. The minimum Gasteiger partial charge on any atom is -0.302 e. The molecule has 0 fully saturated rings. The number of nitrogens with zero attached hydrogens (tertiary/aromatic N) is 1. The van der Waals surface area contributed by atoms with Crippen molar-refractivity contribution in [2.75, 3.05) is 0 Å². The molecule has 0 saturated carbocycles. The minimum absolute atomic E-state index is 0.340. The molecule has 5 heteroatoms. The Morgan fingerprint density at radius 3 is 2.39 bits per heavy atom. The van der Waals surface area contributed by atoms with Gasteiger partial charge in [-0.2, -0.15) is 0 Å². The fraction of sp³-hybridized carbons (Fsp3) is 0.462. The molecule has 2 aromatic rings. The van der Waals surface area contributed by atoms with Crippen molar-refractivity contribution in [3.63, 3.8) is 0 Å². The van der Waals surface area contributed by atoms with Gasteiger partial charge in [0.15, 0.2) is 0 Å². The van der Waals surface area contributed by atoms with E-state index in [-0.39, 0.29) is 0 Å². The second-order valence-corrected chi connectivity index (χ2v) is 8.16. The summed E-state index contributed by atoms with van der Waals surface area (Å²) in [6.45, 7) is 8.56. The van der Waals surface area contributed by atoms with Gasteiger partial charge in [0.2, 0.25) is 0 Å². The highest BCUT2D eigenvalue weighted by atomic mass is 79.9. The van der Waals surface area contributed by atoms with Crippen molar-refractivity contribution >= 4 is 38.6 Å². The second kappa shape index (κ2) is 5.82. The van der Waals surface area contributed by atoms with Crippen molar-refractivity contribution in [2.45, 2.75) is 39.8 Å². The van der Waals surface area contributed by atoms with Crippen molar-refractivity contribution in [3.8, 4) is 0 Å². The van der Waals surface area contributed by atoms with Crippen LogP contribution < -0.4 is 5.32 Å². The molecule has 18 heavy (non-hydrogen) atoms. The SMILES string of the molecule is Cc1nc(C)c(C(C)NC(C)c2ccc(Br)s2)s1. The van der Waals surface area contributed by atoms with Crippen molar-refractivity contribution in [1.29, 1.82) is 0 Å². The molecule has 2 atom stereocenters. The normalized spacial score (nSPS) is 14.7. The lowest BCUT2D eigenvalue weighted by Crippen LogP contribution is -2.21. The first-order chi connectivity index (χ1) is 8.47. The van der Waals surface area contributed by atoms with Crippen molar-refractivity contribution in [2.24, 2.45) is 0 Å². The maximum atomic E-state index is 4.49. The van der Waals surface area contributed by atoms with Crippen LogP contribution in [0.3, 0.4) is 0 Å². The summed E-state index contributed by atoms with van der Waals surface area (Å²) in [5.41, 5.74) is 1.15. The fourth-order valence-corrected chi connectivity index (χ4v) is 4.42. The molecule has 0 bridgehead atoms. The van der Waals surface area contributed by atoms with Gasteiger partial charge in [0.05, 0.1) is 14.5 Å². The first-order valence-corrected chi connectivity index (χ1v) is 8.35. The van der Waals surface area contributed by atoms with E-state index in [9.17, 15) is 0 Å². The lowest BCUT2D eigenvalue weighted by Gasteiger charge is -2.18. The number of halogens is 1. The van der Waals surface area contributed by atoms with E-state index in [1.165, 1.54) is 13.5 Å². The highest BCUT2D eigenvalue weighted by molar-refractivity contribution is 9.11. The first kappa shape index (κ1) is 14.2.